The number of hydrazone groups is 2. The van der Waals surface area contributed by atoms with Crippen molar-refractivity contribution in [3.63, 3.8) is 0 Å². The van der Waals surface area contributed by atoms with Gasteiger partial charge >= 0.3 is 17.1 Å². The largest absolute Gasteiger partial charge is 0.493 e. The summed E-state index contributed by atoms with van der Waals surface area (Å²) in [5.74, 6) is 0.853. The van der Waals surface area contributed by atoms with Crippen LogP contribution in [0, 0.1) is 0 Å². The van der Waals surface area contributed by atoms with Crippen LogP contribution in [0.1, 0.15) is 48.9 Å². The minimum Gasteiger partial charge on any atom is -0.493 e. The van der Waals surface area contributed by atoms with Crippen LogP contribution in [0.4, 0.5) is 34.1 Å². The third-order valence-electron chi connectivity index (χ3n) is 8.69. The molecule has 2 aliphatic rings. The van der Waals surface area contributed by atoms with Gasteiger partial charge in [0.25, 0.3) is 0 Å². The molecule has 0 fully saturated rings. The number of nitrogens with zero attached hydrogens (tertiary/aromatic N) is 4. The number of nitrogen functional groups attached to an aromatic ring is 2. The molecular formula is C40H43F3N6O6S2. The van der Waals surface area contributed by atoms with Gasteiger partial charge in [-0.25, -0.2) is 14.4 Å². The number of nitrogens with two attached hydrogens (primary N) is 2. The van der Waals surface area contributed by atoms with Crippen molar-refractivity contribution in [2.24, 2.45) is 10.2 Å². The first-order valence-corrected chi connectivity index (χ1v) is 19.5. The fourth-order valence-electron chi connectivity index (χ4n) is 5.80. The first kappa shape index (κ1) is 42.6. The van der Waals surface area contributed by atoms with Crippen LogP contribution in [0.5, 0.6) is 23.0 Å². The van der Waals surface area contributed by atoms with Gasteiger partial charge in [-0.1, -0.05) is 61.6 Å². The van der Waals surface area contributed by atoms with E-state index in [0.717, 1.165) is 28.8 Å². The average molecular weight is 825 g/mol. The summed E-state index contributed by atoms with van der Waals surface area (Å²) < 4.78 is 57.6. The molecule has 0 aromatic heterocycles. The van der Waals surface area contributed by atoms with E-state index in [2.05, 4.69) is 14.9 Å². The van der Waals surface area contributed by atoms with Crippen molar-refractivity contribution in [2.75, 3.05) is 32.5 Å². The first-order chi connectivity index (χ1) is 27.5. The number of carbonyl (C=O) groups excluding carboxylic acids is 2. The van der Waals surface area contributed by atoms with Crippen LogP contribution in [0.25, 0.3) is 0 Å². The van der Waals surface area contributed by atoms with Gasteiger partial charge < -0.3 is 30.4 Å². The van der Waals surface area contributed by atoms with Gasteiger partial charge in [0.2, 0.25) is 6.86 Å². The molecule has 2 amide bonds. The molecule has 4 aromatic rings. The molecule has 4 aromatic carbocycles. The summed E-state index contributed by atoms with van der Waals surface area (Å²) in [5.41, 5.74) is 17.5. The quantitative estimate of drug-likeness (QED) is 0.118. The molecule has 2 aliphatic heterocycles. The molecule has 0 saturated carbocycles. The molecule has 302 valence electrons. The lowest BCUT2D eigenvalue weighted by Gasteiger charge is -2.28. The van der Waals surface area contributed by atoms with Crippen molar-refractivity contribution < 1.29 is 41.7 Å². The minimum absolute atomic E-state index is 0.0573. The standard InChI is InChI=1S/C20H21F2N3O3S.C20H22FN3O3S/c1-3-17-18(13-6-9-15(28-19(21)22)16(10-13)27-2)24-25(20(26)29-17)11-12-4-7-14(23)8-5-12;1-3-18-19(14-6-9-16(27-12-21)17(10-14)26-2)23-24(20(25)28-18)11-13-4-7-15(22)8-5-13/h4-10,17,19H,3,11,23H2,1-2H3;4-10,18H,3,11-12,22H2,1-2H3. The number of methoxy groups -OCH3 is 2. The van der Waals surface area contributed by atoms with E-state index in [4.69, 9.17) is 25.7 Å². The summed E-state index contributed by atoms with van der Waals surface area (Å²) in [5, 5.41) is 11.6. The summed E-state index contributed by atoms with van der Waals surface area (Å²) in [4.78, 5) is 25.1. The van der Waals surface area contributed by atoms with Crippen molar-refractivity contribution in [2.45, 2.75) is 56.9 Å². The number of thioether (sulfide) groups is 2. The molecule has 57 heavy (non-hydrogen) atoms. The molecule has 0 spiro atoms. The second-order valence-electron chi connectivity index (χ2n) is 12.5. The fourth-order valence-corrected chi connectivity index (χ4v) is 7.67. The highest BCUT2D eigenvalue weighted by Gasteiger charge is 2.32. The summed E-state index contributed by atoms with van der Waals surface area (Å²) in [6.45, 7) is 0.736. The zero-order valence-electron chi connectivity index (χ0n) is 31.7. The Morgan fingerprint density at radius 1 is 0.667 bits per heavy atom. The summed E-state index contributed by atoms with van der Waals surface area (Å²) in [7, 11) is 2.87. The van der Waals surface area contributed by atoms with Gasteiger partial charge in [0.15, 0.2) is 23.0 Å². The predicted molar refractivity (Wildman–Crippen MR) is 219 cm³/mol. The molecule has 0 saturated heterocycles. The Bertz CT molecular complexity index is 2070. The van der Waals surface area contributed by atoms with Gasteiger partial charge in [-0.2, -0.15) is 19.0 Å². The lowest BCUT2D eigenvalue weighted by molar-refractivity contribution is -0.0512. The zero-order chi connectivity index (χ0) is 41.1. The fraction of sp³-hybridized carbons (Fsp3) is 0.300. The van der Waals surface area contributed by atoms with E-state index in [1.807, 2.05) is 38.1 Å². The van der Waals surface area contributed by atoms with E-state index >= 15 is 0 Å². The maximum atomic E-state index is 12.6. The topological polar surface area (TPSA) is 154 Å². The van der Waals surface area contributed by atoms with Crippen molar-refractivity contribution in [3.8, 4) is 23.0 Å². The summed E-state index contributed by atoms with van der Waals surface area (Å²) >= 11 is 2.43. The normalized spacial score (nSPS) is 16.7. The molecule has 2 atom stereocenters. The summed E-state index contributed by atoms with van der Waals surface area (Å²) in [6, 6.07) is 24.4. The van der Waals surface area contributed by atoms with E-state index in [1.165, 1.54) is 53.8 Å². The van der Waals surface area contributed by atoms with Gasteiger partial charge in [0.05, 0.1) is 49.2 Å². The number of hydrogen-bond acceptors (Lipinski definition) is 12. The van der Waals surface area contributed by atoms with Gasteiger partial charge in [-0.05, 0) is 84.6 Å². The number of anilines is 2. The molecular weight excluding hydrogens is 782 g/mol. The Hall–Kier alpha value is -5.55. The molecule has 0 radical (unpaired) electrons. The van der Waals surface area contributed by atoms with Crippen molar-refractivity contribution in [3.05, 3.63) is 107 Å². The lowest BCUT2D eigenvalue weighted by atomic mass is 10.0. The van der Waals surface area contributed by atoms with Crippen molar-refractivity contribution in [1.82, 2.24) is 10.0 Å². The van der Waals surface area contributed by atoms with E-state index in [-0.39, 0.29) is 32.5 Å². The SMILES string of the molecule is CCC1SC(=O)N(Cc2ccc(N)cc2)N=C1c1ccc(OC(F)F)c(OC)c1.CCC1SC(=O)N(Cc2ccc(N)cc2)N=C1c1ccc(OCF)c(OC)c1. The van der Waals surface area contributed by atoms with Gasteiger partial charge in [0.1, 0.15) is 0 Å². The van der Waals surface area contributed by atoms with Gasteiger partial charge in [-0.3, -0.25) is 9.59 Å². The molecule has 6 rings (SSSR count). The molecule has 17 heteroatoms. The average Bonchev–Trinajstić information content (AvgIpc) is 3.21. The number of amides is 2. The number of benzene rings is 4. The number of alkyl halides is 3. The van der Waals surface area contributed by atoms with Gasteiger partial charge in [-0.15, -0.1) is 0 Å². The van der Waals surface area contributed by atoms with E-state index in [1.54, 1.807) is 54.6 Å². The number of carbonyl (C=O) groups is 2. The number of halogens is 3. The number of rotatable bonds is 14. The van der Waals surface area contributed by atoms with Gasteiger partial charge in [0, 0.05) is 22.5 Å². The molecule has 2 heterocycles. The highest BCUT2D eigenvalue weighted by molar-refractivity contribution is 8.15. The third kappa shape index (κ3) is 11.1. The Labute approximate surface area is 337 Å². The molecule has 12 nitrogen and oxygen atoms in total. The van der Waals surface area contributed by atoms with Crippen molar-refractivity contribution >= 4 is 56.8 Å². The van der Waals surface area contributed by atoms with Crippen LogP contribution in [0.15, 0.2) is 95.1 Å². The summed E-state index contributed by atoms with van der Waals surface area (Å²) in [6.07, 6.45) is 1.43. The second kappa shape index (κ2) is 20.0. The minimum atomic E-state index is -2.95. The number of hydrogen-bond donors (Lipinski definition) is 2. The number of ether oxygens (including phenoxy) is 4. The highest BCUT2D eigenvalue weighted by atomic mass is 32.2. The highest BCUT2D eigenvalue weighted by Crippen LogP contribution is 2.36. The smallest absolute Gasteiger partial charge is 0.387 e. The van der Waals surface area contributed by atoms with Crippen LogP contribution in [0.3, 0.4) is 0 Å². The van der Waals surface area contributed by atoms with Crippen LogP contribution in [-0.2, 0) is 13.1 Å². The van der Waals surface area contributed by atoms with E-state index < -0.39 is 13.5 Å². The maximum Gasteiger partial charge on any atom is 0.387 e. The molecule has 0 bridgehead atoms. The van der Waals surface area contributed by atoms with Crippen LogP contribution in [-0.4, -0.2) is 70.1 Å². The molecule has 0 aliphatic carbocycles. The van der Waals surface area contributed by atoms with E-state index in [9.17, 15) is 22.8 Å². The first-order valence-electron chi connectivity index (χ1n) is 17.8. The Morgan fingerprint density at radius 3 is 1.47 bits per heavy atom. The maximum absolute atomic E-state index is 12.6. The Balaban J connectivity index is 0.000000218. The predicted octanol–water partition coefficient (Wildman–Crippen LogP) is 9.17. The van der Waals surface area contributed by atoms with Crippen LogP contribution in [0.2, 0.25) is 0 Å². The second-order valence-corrected chi connectivity index (χ2v) is 14.8. The zero-order valence-corrected chi connectivity index (χ0v) is 33.3. The third-order valence-corrected chi connectivity index (χ3v) is 11.2. The van der Waals surface area contributed by atoms with Crippen LogP contribution >= 0.6 is 23.5 Å². The Morgan fingerprint density at radius 2 is 1.09 bits per heavy atom. The van der Waals surface area contributed by atoms with E-state index in [0.29, 0.717) is 53.7 Å². The molecule has 2 unspecified atom stereocenters. The Kier molecular flexibility index (Phi) is 15.0. The monoisotopic (exact) mass is 824 g/mol. The van der Waals surface area contributed by atoms with Crippen molar-refractivity contribution in [1.29, 1.82) is 0 Å². The lowest BCUT2D eigenvalue weighted by Crippen LogP contribution is -2.34. The van der Waals surface area contributed by atoms with Crippen LogP contribution < -0.4 is 30.4 Å². The molecule has 4 N–H and O–H groups in total.